The van der Waals surface area contributed by atoms with Gasteiger partial charge in [-0.2, -0.15) is 0 Å². The van der Waals surface area contributed by atoms with E-state index in [-0.39, 0.29) is 5.91 Å². The number of benzene rings is 1. The van der Waals surface area contributed by atoms with Crippen LogP contribution in [0.4, 0.5) is 11.4 Å². The molecular weight excluding hydrogens is 242 g/mol. The Hall–Kier alpha value is -1.59. The first-order chi connectivity index (χ1) is 8.81. The molecule has 1 atom stereocenters. The zero-order valence-corrected chi connectivity index (χ0v) is 11.6. The van der Waals surface area contributed by atoms with Gasteiger partial charge in [0.15, 0.2) is 0 Å². The van der Waals surface area contributed by atoms with Crippen LogP contribution in [0.2, 0.25) is 0 Å². The molecule has 5 heteroatoms. The third kappa shape index (κ3) is 2.88. The van der Waals surface area contributed by atoms with Crippen molar-refractivity contribution in [2.75, 3.05) is 23.3 Å². The summed E-state index contributed by atoms with van der Waals surface area (Å²) in [6.07, 6.45) is 0. The Kier molecular flexibility index (Phi) is 3.52. The number of carbonyl (C=O) groups is 1. The van der Waals surface area contributed by atoms with Crippen LogP contribution < -0.4 is 16.0 Å². The van der Waals surface area contributed by atoms with Crippen molar-refractivity contribution >= 4 is 17.3 Å². The lowest BCUT2D eigenvalue weighted by Gasteiger charge is -2.30. The normalized spacial score (nSPS) is 18.2. The first-order valence-electron chi connectivity index (χ1n) is 6.49. The SMILES string of the molecule is CCN(CC(C)(C)O)c1ccc2c(c1)NC(=O)C2N. The number of amides is 1. The maximum atomic E-state index is 11.5. The zero-order valence-electron chi connectivity index (χ0n) is 11.6. The van der Waals surface area contributed by atoms with Gasteiger partial charge in [0.25, 0.3) is 0 Å². The minimum Gasteiger partial charge on any atom is -0.389 e. The number of hydrogen-bond donors (Lipinski definition) is 3. The summed E-state index contributed by atoms with van der Waals surface area (Å²) in [5.41, 5.74) is 7.58. The Morgan fingerprint density at radius 2 is 2.16 bits per heavy atom. The Morgan fingerprint density at radius 1 is 1.47 bits per heavy atom. The Bertz CT molecular complexity index is 494. The van der Waals surface area contributed by atoms with Gasteiger partial charge >= 0.3 is 0 Å². The monoisotopic (exact) mass is 263 g/mol. The van der Waals surface area contributed by atoms with E-state index in [1.807, 2.05) is 25.1 Å². The number of nitrogens with two attached hydrogens (primary N) is 1. The molecule has 4 N–H and O–H groups in total. The summed E-state index contributed by atoms with van der Waals surface area (Å²) in [4.78, 5) is 13.6. The van der Waals surface area contributed by atoms with Crippen LogP contribution in [0.15, 0.2) is 18.2 Å². The molecular formula is C14H21N3O2. The number of nitrogens with one attached hydrogen (secondary N) is 1. The summed E-state index contributed by atoms with van der Waals surface area (Å²) in [5, 5.41) is 12.7. The number of carbonyl (C=O) groups excluding carboxylic acids is 1. The molecule has 1 heterocycles. The van der Waals surface area contributed by atoms with Crippen molar-refractivity contribution in [3.63, 3.8) is 0 Å². The van der Waals surface area contributed by atoms with E-state index >= 15 is 0 Å². The molecule has 1 amide bonds. The highest BCUT2D eigenvalue weighted by Gasteiger charge is 2.28. The molecule has 2 rings (SSSR count). The summed E-state index contributed by atoms with van der Waals surface area (Å²) < 4.78 is 0. The average Bonchev–Trinajstić information content (AvgIpc) is 2.60. The molecule has 104 valence electrons. The van der Waals surface area contributed by atoms with Gasteiger partial charge in [-0.05, 0) is 32.9 Å². The summed E-state index contributed by atoms with van der Waals surface area (Å²) in [6.45, 7) is 6.90. The summed E-state index contributed by atoms with van der Waals surface area (Å²) in [6, 6.07) is 5.15. The molecule has 1 aromatic rings. The minimum absolute atomic E-state index is 0.169. The van der Waals surface area contributed by atoms with E-state index in [0.29, 0.717) is 6.54 Å². The Morgan fingerprint density at radius 3 is 2.74 bits per heavy atom. The Balaban J connectivity index is 2.27. The number of hydrogen-bond acceptors (Lipinski definition) is 4. The number of likely N-dealkylation sites (N-methyl/N-ethyl adjacent to an activating group) is 1. The van der Waals surface area contributed by atoms with Crippen LogP contribution in [0.25, 0.3) is 0 Å². The van der Waals surface area contributed by atoms with Gasteiger partial charge < -0.3 is 21.1 Å². The number of nitrogens with zero attached hydrogens (tertiary/aromatic N) is 1. The molecule has 0 aliphatic carbocycles. The molecule has 0 saturated carbocycles. The first kappa shape index (κ1) is 13.8. The highest BCUT2D eigenvalue weighted by atomic mass is 16.3. The predicted molar refractivity (Wildman–Crippen MR) is 76.2 cm³/mol. The van der Waals surface area contributed by atoms with Gasteiger partial charge in [-0.3, -0.25) is 4.79 Å². The number of rotatable bonds is 4. The van der Waals surface area contributed by atoms with E-state index in [0.717, 1.165) is 23.5 Å². The highest BCUT2D eigenvalue weighted by molar-refractivity contribution is 6.02. The zero-order chi connectivity index (χ0) is 14.2. The van der Waals surface area contributed by atoms with Crippen LogP contribution in [0.1, 0.15) is 32.4 Å². The maximum absolute atomic E-state index is 11.5. The molecule has 1 aliphatic rings. The predicted octanol–water partition coefficient (Wildman–Crippen LogP) is 1.24. The van der Waals surface area contributed by atoms with Gasteiger partial charge in [0.05, 0.1) is 5.60 Å². The van der Waals surface area contributed by atoms with E-state index in [1.54, 1.807) is 13.8 Å². The average molecular weight is 263 g/mol. The lowest BCUT2D eigenvalue weighted by molar-refractivity contribution is -0.116. The van der Waals surface area contributed by atoms with Gasteiger partial charge in [0.1, 0.15) is 6.04 Å². The first-order valence-corrected chi connectivity index (χ1v) is 6.49. The topological polar surface area (TPSA) is 78.6 Å². The highest BCUT2D eigenvalue weighted by Crippen LogP contribution is 2.33. The molecule has 0 spiro atoms. The molecule has 19 heavy (non-hydrogen) atoms. The quantitative estimate of drug-likeness (QED) is 0.763. The van der Waals surface area contributed by atoms with Crippen molar-refractivity contribution in [1.82, 2.24) is 0 Å². The molecule has 0 fully saturated rings. The van der Waals surface area contributed by atoms with E-state index in [2.05, 4.69) is 10.2 Å². The van der Waals surface area contributed by atoms with Gasteiger partial charge in [-0.25, -0.2) is 0 Å². The lowest BCUT2D eigenvalue weighted by Crippen LogP contribution is -2.38. The molecule has 5 nitrogen and oxygen atoms in total. The van der Waals surface area contributed by atoms with Crippen molar-refractivity contribution in [2.24, 2.45) is 5.73 Å². The number of anilines is 2. The standard InChI is InChI=1S/C14H21N3O2/c1-4-17(8-14(2,3)19)9-5-6-10-11(7-9)16-13(18)12(10)15/h5-7,12,19H,4,8,15H2,1-3H3,(H,16,18). The molecule has 1 aliphatic heterocycles. The number of fused-ring (bicyclic) bond motifs is 1. The minimum atomic E-state index is -0.769. The fourth-order valence-corrected chi connectivity index (χ4v) is 2.32. The summed E-state index contributed by atoms with van der Waals surface area (Å²) >= 11 is 0. The van der Waals surface area contributed by atoms with Crippen molar-refractivity contribution in [3.05, 3.63) is 23.8 Å². The smallest absolute Gasteiger partial charge is 0.245 e. The fourth-order valence-electron chi connectivity index (χ4n) is 2.32. The van der Waals surface area contributed by atoms with E-state index in [1.165, 1.54) is 0 Å². The second-order valence-corrected chi connectivity index (χ2v) is 5.57. The fraction of sp³-hybridized carbons (Fsp3) is 0.500. The molecule has 0 radical (unpaired) electrons. The van der Waals surface area contributed by atoms with Crippen LogP contribution in [0.5, 0.6) is 0 Å². The van der Waals surface area contributed by atoms with Gasteiger partial charge in [-0.1, -0.05) is 6.07 Å². The third-order valence-electron chi connectivity index (χ3n) is 3.24. The van der Waals surface area contributed by atoms with E-state index in [4.69, 9.17) is 5.73 Å². The van der Waals surface area contributed by atoms with Crippen LogP contribution in [0, 0.1) is 0 Å². The van der Waals surface area contributed by atoms with Crippen molar-refractivity contribution in [2.45, 2.75) is 32.4 Å². The Labute approximate surface area is 113 Å². The van der Waals surface area contributed by atoms with Crippen molar-refractivity contribution < 1.29 is 9.90 Å². The van der Waals surface area contributed by atoms with Crippen LogP contribution in [0.3, 0.4) is 0 Å². The van der Waals surface area contributed by atoms with Crippen LogP contribution >= 0.6 is 0 Å². The maximum Gasteiger partial charge on any atom is 0.245 e. The van der Waals surface area contributed by atoms with E-state index < -0.39 is 11.6 Å². The summed E-state index contributed by atoms with van der Waals surface area (Å²) in [5.74, 6) is -0.169. The summed E-state index contributed by atoms with van der Waals surface area (Å²) in [7, 11) is 0. The third-order valence-corrected chi connectivity index (χ3v) is 3.24. The molecule has 1 aromatic carbocycles. The largest absolute Gasteiger partial charge is 0.389 e. The van der Waals surface area contributed by atoms with Gasteiger partial charge in [0, 0.05) is 30.0 Å². The second-order valence-electron chi connectivity index (χ2n) is 5.57. The second kappa shape index (κ2) is 4.83. The van der Waals surface area contributed by atoms with E-state index in [9.17, 15) is 9.90 Å². The molecule has 0 bridgehead atoms. The van der Waals surface area contributed by atoms with Crippen molar-refractivity contribution in [3.8, 4) is 0 Å². The molecule has 0 saturated heterocycles. The lowest BCUT2D eigenvalue weighted by atomic mass is 10.1. The van der Waals surface area contributed by atoms with Crippen LogP contribution in [-0.2, 0) is 4.79 Å². The van der Waals surface area contributed by atoms with Crippen molar-refractivity contribution in [1.29, 1.82) is 0 Å². The van der Waals surface area contributed by atoms with Crippen LogP contribution in [-0.4, -0.2) is 29.7 Å². The molecule has 1 unspecified atom stereocenters. The van der Waals surface area contributed by atoms with Gasteiger partial charge in [0.2, 0.25) is 5.91 Å². The molecule has 0 aromatic heterocycles. The number of aliphatic hydroxyl groups is 1. The van der Waals surface area contributed by atoms with Gasteiger partial charge in [-0.15, -0.1) is 0 Å².